The molecule has 5 nitrogen and oxygen atoms in total. The van der Waals surface area contributed by atoms with Crippen LogP contribution in [0.25, 0.3) is 0 Å². The van der Waals surface area contributed by atoms with Crippen molar-refractivity contribution in [3.05, 3.63) is 59.4 Å². The van der Waals surface area contributed by atoms with Gasteiger partial charge in [0.1, 0.15) is 19.0 Å². The molecular weight excluding hydrogens is 371 g/mol. The van der Waals surface area contributed by atoms with Crippen molar-refractivity contribution in [2.45, 2.75) is 32.4 Å². The van der Waals surface area contributed by atoms with Gasteiger partial charge in [-0.05, 0) is 56.6 Å². The molecule has 1 atom stereocenters. The highest BCUT2D eigenvalue weighted by Gasteiger charge is 2.26. The summed E-state index contributed by atoms with van der Waals surface area (Å²) in [5, 5.41) is 3.13. The first kappa shape index (κ1) is 19.7. The number of fused-ring (bicyclic) bond motifs is 1. The van der Waals surface area contributed by atoms with Crippen molar-refractivity contribution in [1.29, 1.82) is 0 Å². The Labute approximate surface area is 170 Å². The predicted octanol–water partition coefficient (Wildman–Crippen LogP) is 3.69. The van der Waals surface area contributed by atoms with Crippen LogP contribution in [0.2, 0.25) is 0 Å². The zero-order valence-corrected chi connectivity index (χ0v) is 16.7. The highest BCUT2D eigenvalue weighted by Crippen LogP contribution is 2.32. The molecule has 0 spiro atoms. The van der Waals surface area contributed by atoms with E-state index in [9.17, 15) is 9.18 Å². The molecule has 2 heterocycles. The van der Waals surface area contributed by atoms with Crippen LogP contribution >= 0.6 is 0 Å². The number of hydrogen-bond donors (Lipinski definition) is 1. The Bertz CT molecular complexity index is 865. The van der Waals surface area contributed by atoms with Crippen LogP contribution in [0.1, 0.15) is 36.9 Å². The summed E-state index contributed by atoms with van der Waals surface area (Å²) < 4.78 is 25.0. The number of ether oxygens (including phenoxy) is 2. The van der Waals surface area contributed by atoms with Gasteiger partial charge in [0.25, 0.3) is 0 Å². The van der Waals surface area contributed by atoms with Gasteiger partial charge in [-0.25, -0.2) is 4.39 Å². The Hall–Kier alpha value is -2.60. The number of rotatable bonds is 5. The van der Waals surface area contributed by atoms with E-state index >= 15 is 0 Å². The minimum absolute atomic E-state index is 0.00784. The molecule has 0 bridgehead atoms. The zero-order chi connectivity index (χ0) is 20.2. The smallest absolute Gasteiger partial charge is 0.223 e. The molecule has 2 aliphatic rings. The van der Waals surface area contributed by atoms with E-state index in [1.54, 1.807) is 6.07 Å². The third-order valence-electron chi connectivity index (χ3n) is 5.74. The van der Waals surface area contributed by atoms with Gasteiger partial charge < -0.3 is 14.8 Å². The lowest BCUT2D eigenvalue weighted by Gasteiger charge is -2.32. The minimum atomic E-state index is -0.166. The maximum atomic E-state index is 13.9. The maximum absolute atomic E-state index is 13.9. The van der Waals surface area contributed by atoms with Crippen LogP contribution in [-0.4, -0.2) is 37.1 Å². The second-order valence-electron chi connectivity index (χ2n) is 7.78. The van der Waals surface area contributed by atoms with Gasteiger partial charge in [0, 0.05) is 18.0 Å². The maximum Gasteiger partial charge on any atom is 0.223 e. The lowest BCUT2D eigenvalue weighted by Crippen LogP contribution is -2.41. The van der Waals surface area contributed by atoms with Gasteiger partial charge in [-0.3, -0.25) is 9.69 Å². The molecule has 1 N–H and O–H groups in total. The molecular formula is C23H27FN2O3. The summed E-state index contributed by atoms with van der Waals surface area (Å²) in [5.74, 6) is 1.39. The van der Waals surface area contributed by atoms with E-state index in [4.69, 9.17) is 9.47 Å². The fourth-order valence-electron chi connectivity index (χ4n) is 3.96. The van der Waals surface area contributed by atoms with Crippen LogP contribution in [0.15, 0.2) is 42.5 Å². The molecule has 1 fully saturated rings. The van der Waals surface area contributed by atoms with Crippen LogP contribution in [0, 0.1) is 11.7 Å². The van der Waals surface area contributed by atoms with Crippen LogP contribution in [-0.2, 0) is 11.3 Å². The number of halogens is 1. The van der Waals surface area contributed by atoms with Crippen LogP contribution in [0.4, 0.5) is 4.39 Å². The number of carbonyl (C=O) groups is 1. The van der Waals surface area contributed by atoms with Gasteiger partial charge in [0.2, 0.25) is 5.91 Å². The number of piperidine rings is 1. The van der Waals surface area contributed by atoms with Crippen LogP contribution in [0.3, 0.4) is 0 Å². The predicted molar refractivity (Wildman–Crippen MR) is 108 cm³/mol. The van der Waals surface area contributed by atoms with Crippen molar-refractivity contribution in [2.24, 2.45) is 5.92 Å². The molecule has 0 aromatic heterocycles. The Balaban J connectivity index is 1.29. The molecule has 154 valence electrons. The van der Waals surface area contributed by atoms with Crippen LogP contribution in [0.5, 0.6) is 11.5 Å². The van der Waals surface area contributed by atoms with Crippen molar-refractivity contribution in [3.63, 3.8) is 0 Å². The molecule has 0 aliphatic carbocycles. The lowest BCUT2D eigenvalue weighted by molar-refractivity contribution is -0.127. The first-order valence-electron chi connectivity index (χ1n) is 10.3. The van der Waals surface area contributed by atoms with Gasteiger partial charge in [0.05, 0.1) is 6.04 Å². The number of hydrogen-bond acceptors (Lipinski definition) is 4. The number of carbonyl (C=O) groups excluding carboxylic acids is 1. The van der Waals surface area contributed by atoms with Crippen molar-refractivity contribution >= 4 is 5.91 Å². The van der Waals surface area contributed by atoms with E-state index in [-0.39, 0.29) is 23.7 Å². The summed E-state index contributed by atoms with van der Waals surface area (Å²) in [4.78, 5) is 15.0. The van der Waals surface area contributed by atoms with Gasteiger partial charge in [-0.15, -0.1) is 0 Å². The molecule has 0 radical (unpaired) electrons. The summed E-state index contributed by atoms with van der Waals surface area (Å²) >= 11 is 0. The third-order valence-corrected chi connectivity index (χ3v) is 5.74. The van der Waals surface area contributed by atoms with Gasteiger partial charge >= 0.3 is 0 Å². The number of nitrogens with zero attached hydrogens (tertiary/aromatic N) is 1. The highest BCUT2D eigenvalue weighted by atomic mass is 19.1. The number of nitrogens with one attached hydrogen (secondary N) is 1. The Morgan fingerprint density at radius 3 is 2.62 bits per heavy atom. The third kappa shape index (κ3) is 4.70. The minimum Gasteiger partial charge on any atom is -0.486 e. The van der Waals surface area contributed by atoms with Crippen molar-refractivity contribution in [3.8, 4) is 11.5 Å². The Morgan fingerprint density at radius 1 is 1.14 bits per heavy atom. The van der Waals surface area contributed by atoms with E-state index in [1.807, 2.05) is 37.3 Å². The van der Waals surface area contributed by atoms with Crippen molar-refractivity contribution in [2.75, 3.05) is 26.3 Å². The van der Waals surface area contributed by atoms with Gasteiger partial charge in [0.15, 0.2) is 11.5 Å². The molecule has 4 rings (SSSR count). The summed E-state index contributed by atoms with van der Waals surface area (Å²) in [7, 11) is 0. The fourth-order valence-corrected chi connectivity index (χ4v) is 3.96. The molecule has 0 unspecified atom stereocenters. The van der Waals surface area contributed by atoms with E-state index < -0.39 is 0 Å². The van der Waals surface area contributed by atoms with Crippen molar-refractivity contribution in [1.82, 2.24) is 10.2 Å². The Morgan fingerprint density at radius 2 is 1.86 bits per heavy atom. The Kier molecular flexibility index (Phi) is 6.00. The van der Waals surface area contributed by atoms with Crippen molar-refractivity contribution < 1.29 is 18.7 Å². The molecule has 1 amide bonds. The lowest BCUT2D eigenvalue weighted by atomic mass is 9.94. The summed E-state index contributed by atoms with van der Waals surface area (Å²) in [6.45, 7) is 5.28. The summed E-state index contributed by atoms with van der Waals surface area (Å²) in [6.07, 6.45) is 1.57. The first-order chi connectivity index (χ1) is 14.1. The molecule has 6 heteroatoms. The number of benzene rings is 2. The average molecular weight is 398 g/mol. The monoisotopic (exact) mass is 398 g/mol. The first-order valence-corrected chi connectivity index (χ1v) is 10.3. The van der Waals surface area contributed by atoms with Gasteiger partial charge in [-0.1, -0.05) is 24.3 Å². The van der Waals surface area contributed by atoms with Gasteiger partial charge in [-0.2, -0.15) is 0 Å². The molecule has 29 heavy (non-hydrogen) atoms. The molecule has 1 saturated heterocycles. The second-order valence-corrected chi connectivity index (χ2v) is 7.78. The number of likely N-dealkylation sites (tertiary alicyclic amines) is 1. The van der Waals surface area contributed by atoms with Crippen LogP contribution < -0.4 is 14.8 Å². The summed E-state index contributed by atoms with van der Waals surface area (Å²) in [5.41, 5.74) is 1.71. The largest absolute Gasteiger partial charge is 0.486 e. The standard InChI is InChI=1S/C23H27FN2O3/c1-16(18-6-7-21-22(14-18)29-13-12-28-21)25-23(27)17-8-10-26(11-9-17)15-19-4-2-3-5-20(19)24/h2-7,14,16-17H,8-13,15H2,1H3,(H,25,27)/t16-/m0/s1. The quantitative estimate of drug-likeness (QED) is 0.835. The molecule has 0 saturated carbocycles. The van der Waals surface area contributed by atoms with E-state index in [1.165, 1.54) is 6.07 Å². The second kappa shape index (κ2) is 8.82. The molecule has 2 aliphatic heterocycles. The topological polar surface area (TPSA) is 50.8 Å². The highest BCUT2D eigenvalue weighted by molar-refractivity contribution is 5.79. The van der Waals surface area contributed by atoms with E-state index in [0.29, 0.717) is 25.3 Å². The normalized spacial score (nSPS) is 18.3. The average Bonchev–Trinajstić information content (AvgIpc) is 2.75. The molecule has 2 aromatic rings. The number of amides is 1. The fraction of sp³-hybridized carbons (Fsp3) is 0.435. The zero-order valence-electron chi connectivity index (χ0n) is 16.7. The molecule has 2 aromatic carbocycles. The van der Waals surface area contributed by atoms with E-state index in [0.717, 1.165) is 43.0 Å². The van der Waals surface area contributed by atoms with E-state index in [2.05, 4.69) is 10.2 Å². The summed E-state index contributed by atoms with van der Waals surface area (Å²) in [6, 6.07) is 12.6. The SMILES string of the molecule is C[C@H](NC(=O)C1CCN(Cc2ccccc2F)CC1)c1ccc2c(c1)OCCO2.